The van der Waals surface area contributed by atoms with E-state index in [1.807, 2.05) is 0 Å². The molecular formula is C21H28FN3O3S. The molecule has 0 spiro atoms. The molecule has 2 aromatic rings. The Hall–Kier alpha value is -2.45. The van der Waals surface area contributed by atoms with Gasteiger partial charge in [-0.2, -0.15) is 4.31 Å². The highest BCUT2D eigenvalue weighted by atomic mass is 32.2. The van der Waals surface area contributed by atoms with Crippen molar-refractivity contribution in [3.05, 3.63) is 59.4 Å². The lowest BCUT2D eigenvalue weighted by atomic mass is 10.1. The van der Waals surface area contributed by atoms with Crippen LogP contribution in [0.4, 0.5) is 10.1 Å². The van der Waals surface area contributed by atoms with Gasteiger partial charge in [-0.15, -0.1) is 0 Å². The summed E-state index contributed by atoms with van der Waals surface area (Å²) in [4.78, 5) is 12.3. The molecule has 0 aromatic heterocycles. The van der Waals surface area contributed by atoms with Crippen molar-refractivity contribution in [2.75, 3.05) is 31.5 Å². The number of hydrogen-bond acceptors (Lipinski definition) is 4. The molecule has 158 valence electrons. The molecule has 2 aromatic carbocycles. The number of nitrogens with zero attached hydrogens (tertiary/aromatic N) is 1. The third-order valence-electron chi connectivity index (χ3n) is 4.61. The molecule has 2 rings (SSSR count). The first-order valence-corrected chi connectivity index (χ1v) is 11.1. The monoisotopic (exact) mass is 421 g/mol. The first-order valence-electron chi connectivity index (χ1n) is 9.63. The van der Waals surface area contributed by atoms with E-state index in [4.69, 9.17) is 0 Å². The van der Waals surface area contributed by atoms with Crippen molar-refractivity contribution in [3.8, 4) is 0 Å². The van der Waals surface area contributed by atoms with Crippen LogP contribution in [-0.4, -0.2) is 44.8 Å². The van der Waals surface area contributed by atoms with Crippen molar-refractivity contribution in [3.63, 3.8) is 0 Å². The van der Waals surface area contributed by atoms with Crippen molar-refractivity contribution in [2.24, 2.45) is 0 Å². The molecule has 0 fully saturated rings. The zero-order valence-corrected chi connectivity index (χ0v) is 17.9. The minimum absolute atomic E-state index is 0.0250. The number of halogens is 1. The molecule has 0 aliphatic carbocycles. The Morgan fingerprint density at radius 2 is 1.72 bits per heavy atom. The van der Waals surface area contributed by atoms with Gasteiger partial charge in [0.25, 0.3) is 0 Å². The first-order chi connectivity index (χ1) is 13.8. The van der Waals surface area contributed by atoms with Crippen LogP contribution in [0.2, 0.25) is 0 Å². The van der Waals surface area contributed by atoms with Gasteiger partial charge < -0.3 is 10.6 Å². The second-order valence-corrected chi connectivity index (χ2v) is 8.56. The van der Waals surface area contributed by atoms with Gasteiger partial charge in [0.15, 0.2) is 0 Å². The van der Waals surface area contributed by atoms with E-state index in [0.717, 1.165) is 5.56 Å². The third kappa shape index (κ3) is 6.27. The van der Waals surface area contributed by atoms with Gasteiger partial charge in [0.2, 0.25) is 15.9 Å². The van der Waals surface area contributed by atoms with Crippen LogP contribution in [0.25, 0.3) is 0 Å². The van der Waals surface area contributed by atoms with Crippen LogP contribution in [0.3, 0.4) is 0 Å². The fraction of sp³-hybridized carbons (Fsp3) is 0.381. The van der Waals surface area contributed by atoms with Gasteiger partial charge in [-0.05, 0) is 48.7 Å². The average Bonchev–Trinajstić information content (AvgIpc) is 2.69. The summed E-state index contributed by atoms with van der Waals surface area (Å²) in [6.45, 7) is 6.60. The normalized spacial score (nSPS) is 11.5. The van der Waals surface area contributed by atoms with Crippen LogP contribution in [0.1, 0.15) is 25.0 Å². The highest BCUT2D eigenvalue weighted by Gasteiger charge is 2.23. The molecule has 0 atom stereocenters. The van der Waals surface area contributed by atoms with Crippen molar-refractivity contribution >= 4 is 21.6 Å². The second kappa shape index (κ2) is 10.4. The van der Waals surface area contributed by atoms with Crippen LogP contribution in [-0.2, 0) is 21.2 Å². The fourth-order valence-electron chi connectivity index (χ4n) is 2.93. The minimum Gasteiger partial charge on any atom is -0.376 e. The summed E-state index contributed by atoms with van der Waals surface area (Å²) in [5.74, 6) is -0.497. The second-order valence-electron chi connectivity index (χ2n) is 6.65. The molecule has 0 aliphatic rings. The molecule has 2 N–H and O–H groups in total. The number of carbonyl (C=O) groups excluding carboxylic acids is 1. The molecule has 0 saturated carbocycles. The maximum Gasteiger partial charge on any atom is 0.243 e. The Morgan fingerprint density at radius 1 is 1.07 bits per heavy atom. The zero-order chi connectivity index (χ0) is 21.4. The molecule has 0 unspecified atom stereocenters. The number of aryl methyl sites for hydroxylation is 1. The number of anilines is 1. The van der Waals surface area contributed by atoms with E-state index in [2.05, 4.69) is 10.6 Å². The van der Waals surface area contributed by atoms with Crippen LogP contribution >= 0.6 is 0 Å². The van der Waals surface area contributed by atoms with E-state index in [1.165, 1.54) is 16.4 Å². The highest BCUT2D eigenvalue weighted by Crippen LogP contribution is 2.23. The molecule has 8 heteroatoms. The fourth-order valence-corrected chi connectivity index (χ4v) is 4.64. The molecular weight excluding hydrogens is 393 g/mol. The Labute approximate surface area is 172 Å². The van der Waals surface area contributed by atoms with Crippen molar-refractivity contribution in [2.45, 2.75) is 32.1 Å². The van der Waals surface area contributed by atoms with Gasteiger partial charge in [0.1, 0.15) is 5.82 Å². The number of rotatable bonds is 10. The number of benzene rings is 2. The predicted octanol–water partition coefficient (Wildman–Crippen LogP) is 2.94. The topological polar surface area (TPSA) is 78.5 Å². The van der Waals surface area contributed by atoms with Crippen LogP contribution in [0.15, 0.2) is 47.4 Å². The number of sulfonamides is 1. The average molecular weight is 422 g/mol. The SMILES string of the molecule is CCN(CC)S(=O)(=O)c1cc(NCC(=O)NCCc2ccc(F)cc2)ccc1C. The maximum absolute atomic E-state index is 12.9. The van der Waals surface area contributed by atoms with Gasteiger partial charge >= 0.3 is 0 Å². The van der Waals surface area contributed by atoms with Crippen molar-refractivity contribution in [1.29, 1.82) is 0 Å². The molecule has 0 radical (unpaired) electrons. The van der Waals surface area contributed by atoms with Gasteiger partial charge in [0, 0.05) is 25.3 Å². The van der Waals surface area contributed by atoms with Crippen molar-refractivity contribution < 1.29 is 17.6 Å². The van der Waals surface area contributed by atoms with Gasteiger partial charge in [-0.3, -0.25) is 4.79 Å². The Kier molecular flexibility index (Phi) is 8.16. The van der Waals surface area contributed by atoms with Gasteiger partial charge in [0.05, 0.1) is 11.4 Å². The lowest BCUT2D eigenvalue weighted by Crippen LogP contribution is -2.32. The van der Waals surface area contributed by atoms with Crippen molar-refractivity contribution in [1.82, 2.24) is 9.62 Å². The number of amides is 1. The maximum atomic E-state index is 12.9. The number of nitrogens with one attached hydrogen (secondary N) is 2. The lowest BCUT2D eigenvalue weighted by molar-refractivity contribution is -0.119. The molecule has 0 bridgehead atoms. The highest BCUT2D eigenvalue weighted by molar-refractivity contribution is 7.89. The minimum atomic E-state index is -3.57. The van der Waals surface area contributed by atoms with Gasteiger partial charge in [-0.25, -0.2) is 12.8 Å². The van der Waals surface area contributed by atoms with E-state index >= 15 is 0 Å². The summed E-state index contributed by atoms with van der Waals surface area (Å²) in [6, 6.07) is 11.2. The smallest absolute Gasteiger partial charge is 0.243 e. The summed E-state index contributed by atoms with van der Waals surface area (Å²) in [5, 5.41) is 5.76. The lowest BCUT2D eigenvalue weighted by Gasteiger charge is -2.20. The third-order valence-corrected chi connectivity index (χ3v) is 6.81. The van der Waals surface area contributed by atoms with Crippen LogP contribution in [0, 0.1) is 12.7 Å². The van der Waals surface area contributed by atoms with E-state index in [0.29, 0.717) is 37.3 Å². The van der Waals surface area contributed by atoms with Gasteiger partial charge in [-0.1, -0.05) is 32.0 Å². The summed E-state index contributed by atoms with van der Waals surface area (Å²) < 4.78 is 39.9. The van der Waals surface area contributed by atoms with Crippen LogP contribution in [0.5, 0.6) is 0 Å². The largest absolute Gasteiger partial charge is 0.376 e. The Morgan fingerprint density at radius 3 is 2.34 bits per heavy atom. The molecule has 6 nitrogen and oxygen atoms in total. The van der Waals surface area contributed by atoms with Crippen LogP contribution < -0.4 is 10.6 Å². The summed E-state index contributed by atoms with van der Waals surface area (Å²) >= 11 is 0. The standard InChI is InChI=1S/C21H28FN3O3S/c1-4-25(5-2)29(27,28)20-14-19(11-6-16(20)3)24-15-21(26)23-13-12-17-7-9-18(22)10-8-17/h6-11,14,24H,4-5,12-13,15H2,1-3H3,(H,23,26). The van der Waals surface area contributed by atoms with E-state index in [9.17, 15) is 17.6 Å². The summed E-state index contributed by atoms with van der Waals surface area (Å²) in [5.41, 5.74) is 2.16. The molecule has 0 heterocycles. The Balaban J connectivity index is 1.93. The predicted molar refractivity (Wildman–Crippen MR) is 113 cm³/mol. The first kappa shape index (κ1) is 22.8. The quantitative estimate of drug-likeness (QED) is 0.618. The Bertz CT molecular complexity index is 927. The summed E-state index contributed by atoms with van der Waals surface area (Å²) in [6.07, 6.45) is 0.600. The molecule has 0 aliphatic heterocycles. The van der Waals surface area contributed by atoms with E-state index in [-0.39, 0.29) is 23.2 Å². The molecule has 0 saturated heterocycles. The van der Waals surface area contributed by atoms with E-state index in [1.54, 1.807) is 51.1 Å². The number of carbonyl (C=O) groups is 1. The molecule has 1 amide bonds. The molecule has 29 heavy (non-hydrogen) atoms. The zero-order valence-electron chi connectivity index (χ0n) is 17.0. The number of hydrogen-bond donors (Lipinski definition) is 2. The van der Waals surface area contributed by atoms with E-state index < -0.39 is 10.0 Å². The summed E-state index contributed by atoms with van der Waals surface area (Å²) in [7, 11) is -3.57.